The van der Waals surface area contributed by atoms with Gasteiger partial charge in [-0.1, -0.05) is 19.3 Å². The Balaban J connectivity index is 1.90. The van der Waals surface area contributed by atoms with Crippen LogP contribution < -0.4 is 0 Å². The topological polar surface area (TPSA) is 6.25 Å². The highest BCUT2D eigenvalue weighted by Crippen LogP contribution is 2.35. The lowest BCUT2D eigenvalue weighted by atomic mass is 9.87. The summed E-state index contributed by atoms with van der Waals surface area (Å²) in [5.74, 6) is 2.63. The van der Waals surface area contributed by atoms with Crippen molar-refractivity contribution in [2.75, 3.05) is 13.1 Å². The summed E-state index contributed by atoms with van der Waals surface area (Å²) in [4.78, 5) is 2.81. The molecule has 0 N–H and O–H groups in total. The van der Waals surface area contributed by atoms with Crippen LogP contribution >= 0.6 is 0 Å². The predicted molar refractivity (Wildman–Crippen MR) is 80.8 cm³/mol. The Hall–Kier alpha value is -0.530. The van der Waals surface area contributed by atoms with Gasteiger partial charge in [0, 0.05) is 0 Å². The molecule has 1 heterocycles. The fourth-order valence-electron chi connectivity index (χ4n) is 4.95. The third-order valence-electron chi connectivity index (χ3n) is 5.73. The molecule has 0 aromatic carbocycles. The Morgan fingerprint density at radius 3 is 2.32 bits per heavy atom. The van der Waals surface area contributed by atoms with Crippen LogP contribution in [0.25, 0.3) is 0 Å². The van der Waals surface area contributed by atoms with Crippen LogP contribution in [0.15, 0.2) is 0 Å². The van der Waals surface area contributed by atoms with Crippen LogP contribution in [0.5, 0.6) is 0 Å². The average molecular weight is 263 g/mol. The number of fused-ring (bicyclic) bond motifs is 1. The summed E-state index contributed by atoms with van der Waals surface area (Å²) in [6.07, 6.45) is 13.0. The minimum Gasteiger partial charge on any atom is -0.259 e. The second-order valence-corrected chi connectivity index (χ2v) is 6.68. The quantitative estimate of drug-likeness (QED) is 0.705. The fourth-order valence-corrected chi connectivity index (χ4v) is 4.95. The van der Waals surface area contributed by atoms with Gasteiger partial charge in [0.25, 0.3) is 5.84 Å². The average Bonchev–Trinajstić information content (AvgIpc) is 2.81. The van der Waals surface area contributed by atoms with E-state index < -0.39 is 0 Å². The maximum Gasteiger partial charge on any atom is 0.250 e. The SMILES string of the molecule is CCN1C(C2CCCCC2)=[N+](CC)C2CCCCC21. The third kappa shape index (κ3) is 2.32. The lowest BCUT2D eigenvalue weighted by Gasteiger charge is -2.28. The van der Waals surface area contributed by atoms with Gasteiger partial charge in [-0.15, -0.1) is 0 Å². The van der Waals surface area contributed by atoms with Gasteiger partial charge in [-0.2, -0.15) is 0 Å². The van der Waals surface area contributed by atoms with E-state index in [1.54, 1.807) is 5.84 Å². The normalized spacial score (nSPS) is 32.8. The van der Waals surface area contributed by atoms with E-state index in [0.717, 1.165) is 18.0 Å². The first-order valence-electron chi connectivity index (χ1n) is 8.77. The van der Waals surface area contributed by atoms with Crippen molar-refractivity contribution in [3.05, 3.63) is 0 Å². The van der Waals surface area contributed by atoms with Crippen LogP contribution in [0.4, 0.5) is 0 Å². The van der Waals surface area contributed by atoms with Gasteiger partial charge in [0.2, 0.25) is 0 Å². The van der Waals surface area contributed by atoms with Crippen LogP contribution in [0.1, 0.15) is 71.6 Å². The second-order valence-electron chi connectivity index (χ2n) is 6.68. The molecule has 0 aromatic heterocycles. The Kier molecular flexibility index (Phi) is 4.14. The number of likely N-dealkylation sites (N-methyl/N-ethyl adjacent to an activating group) is 2. The highest BCUT2D eigenvalue weighted by atomic mass is 15.3. The molecule has 2 nitrogen and oxygen atoms in total. The molecule has 2 unspecified atom stereocenters. The molecule has 0 radical (unpaired) electrons. The molecule has 19 heavy (non-hydrogen) atoms. The molecule has 2 atom stereocenters. The third-order valence-corrected chi connectivity index (χ3v) is 5.73. The summed E-state index contributed by atoms with van der Waals surface area (Å²) in [5, 5.41) is 0. The van der Waals surface area contributed by atoms with E-state index in [1.165, 1.54) is 70.9 Å². The Bertz CT molecular complexity index is 341. The molecule has 2 heteroatoms. The van der Waals surface area contributed by atoms with Crippen molar-refractivity contribution in [2.24, 2.45) is 5.92 Å². The van der Waals surface area contributed by atoms with Gasteiger partial charge in [-0.3, -0.25) is 9.48 Å². The van der Waals surface area contributed by atoms with Crippen LogP contribution in [0.2, 0.25) is 0 Å². The van der Waals surface area contributed by atoms with E-state index in [-0.39, 0.29) is 0 Å². The minimum atomic E-state index is 0.843. The Labute approximate surface area is 118 Å². The molecule has 0 aromatic rings. The molecule has 2 saturated carbocycles. The number of amidine groups is 1. The maximum absolute atomic E-state index is 2.81. The molecule has 2 fully saturated rings. The van der Waals surface area contributed by atoms with Crippen molar-refractivity contribution in [3.8, 4) is 0 Å². The van der Waals surface area contributed by atoms with Gasteiger partial charge in [0.05, 0.1) is 19.0 Å². The molecule has 3 aliphatic rings. The predicted octanol–water partition coefficient (Wildman–Crippen LogP) is 3.64. The molecule has 0 spiro atoms. The summed E-state index contributed by atoms with van der Waals surface area (Å²) < 4.78 is 2.81. The van der Waals surface area contributed by atoms with Gasteiger partial charge in [-0.05, 0) is 52.4 Å². The maximum atomic E-state index is 2.81. The molecule has 2 aliphatic carbocycles. The number of nitrogens with zero attached hydrogens (tertiary/aromatic N) is 2. The van der Waals surface area contributed by atoms with E-state index in [2.05, 4.69) is 23.3 Å². The molecule has 0 bridgehead atoms. The molecular weight excluding hydrogens is 232 g/mol. The second kappa shape index (κ2) is 5.85. The van der Waals surface area contributed by atoms with Crippen molar-refractivity contribution in [1.29, 1.82) is 0 Å². The largest absolute Gasteiger partial charge is 0.259 e. The van der Waals surface area contributed by atoms with Gasteiger partial charge < -0.3 is 0 Å². The van der Waals surface area contributed by atoms with Crippen molar-refractivity contribution in [1.82, 2.24) is 4.90 Å². The van der Waals surface area contributed by atoms with E-state index in [4.69, 9.17) is 0 Å². The minimum absolute atomic E-state index is 0.843. The molecule has 1 aliphatic heterocycles. The smallest absolute Gasteiger partial charge is 0.250 e. The molecule has 108 valence electrons. The molecular formula is C17H31N2+. The summed E-state index contributed by atoms with van der Waals surface area (Å²) in [5.41, 5.74) is 0. The highest BCUT2D eigenvalue weighted by Gasteiger charge is 2.49. The number of hydrogen-bond donors (Lipinski definition) is 0. The summed E-state index contributed by atoms with van der Waals surface area (Å²) in [6.45, 7) is 7.19. The standard InChI is InChI=1S/C17H31N2/c1-3-18-15-12-8-9-13-16(15)19(4-2)17(18)14-10-6-5-7-11-14/h14-16H,3-13H2,1-2H3/q+1. The number of rotatable bonds is 3. The van der Waals surface area contributed by atoms with E-state index in [9.17, 15) is 0 Å². The summed E-state index contributed by atoms with van der Waals surface area (Å²) in [6, 6.07) is 1.69. The Morgan fingerprint density at radius 1 is 0.947 bits per heavy atom. The van der Waals surface area contributed by atoms with Gasteiger partial charge in [0.15, 0.2) is 0 Å². The van der Waals surface area contributed by atoms with E-state index >= 15 is 0 Å². The lowest BCUT2D eigenvalue weighted by molar-refractivity contribution is -0.561. The van der Waals surface area contributed by atoms with Crippen LogP contribution in [0, 0.1) is 5.92 Å². The first-order valence-corrected chi connectivity index (χ1v) is 8.77. The highest BCUT2D eigenvalue weighted by molar-refractivity contribution is 5.81. The van der Waals surface area contributed by atoms with Crippen LogP contribution in [-0.2, 0) is 0 Å². The Morgan fingerprint density at radius 2 is 1.63 bits per heavy atom. The van der Waals surface area contributed by atoms with Crippen molar-refractivity contribution in [2.45, 2.75) is 83.7 Å². The molecule has 0 saturated heterocycles. The molecule has 0 amide bonds. The van der Waals surface area contributed by atoms with Gasteiger partial charge in [0.1, 0.15) is 12.1 Å². The summed E-state index contributed by atoms with van der Waals surface area (Å²) in [7, 11) is 0. The van der Waals surface area contributed by atoms with Crippen LogP contribution in [0.3, 0.4) is 0 Å². The fraction of sp³-hybridized carbons (Fsp3) is 0.941. The number of hydrogen-bond acceptors (Lipinski definition) is 1. The summed E-state index contributed by atoms with van der Waals surface area (Å²) >= 11 is 0. The lowest BCUT2D eigenvalue weighted by Crippen LogP contribution is -2.43. The van der Waals surface area contributed by atoms with E-state index in [1.807, 2.05) is 0 Å². The van der Waals surface area contributed by atoms with E-state index in [0.29, 0.717) is 0 Å². The van der Waals surface area contributed by atoms with Crippen molar-refractivity contribution in [3.63, 3.8) is 0 Å². The first kappa shape index (κ1) is 13.5. The monoisotopic (exact) mass is 263 g/mol. The molecule has 3 rings (SSSR count). The van der Waals surface area contributed by atoms with Gasteiger partial charge in [-0.25, -0.2) is 0 Å². The zero-order valence-electron chi connectivity index (χ0n) is 12.9. The van der Waals surface area contributed by atoms with Crippen molar-refractivity contribution >= 4 is 5.84 Å². The van der Waals surface area contributed by atoms with Gasteiger partial charge >= 0.3 is 0 Å². The van der Waals surface area contributed by atoms with Crippen molar-refractivity contribution < 1.29 is 4.58 Å². The zero-order valence-corrected chi connectivity index (χ0v) is 12.9. The van der Waals surface area contributed by atoms with Crippen LogP contribution in [-0.4, -0.2) is 40.5 Å². The zero-order chi connectivity index (χ0) is 13.2. The first-order chi connectivity index (χ1) is 9.36.